The van der Waals surface area contributed by atoms with Crippen molar-refractivity contribution in [3.8, 4) is 11.5 Å². The van der Waals surface area contributed by atoms with Crippen LogP contribution in [-0.4, -0.2) is 27.7 Å². The zero-order valence-electron chi connectivity index (χ0n) is 10.5. The average molecular weight is 295 g/mol. The molecule has 0 amide bonds. The second-order valence-corrected chi connectivity index (χ2v) is 5.67. The number of hydrogen-bond donors (Lipinski definition) is 1. The Morgan fingerprint density at radius 3 is 2.35 bits per heavy atom. The Kier molecular flexibility index (Phi) is 3.25. The molecule has 1 atom stereocenters. The third-order valence-corrected chi connectivity index (χ3v) is 3.26. The van der Waals surface area contributed by atoms with Crippen molar-refractivity contribution in [1.29, 1.82) is 0 Å². The van der Waals surface area contributed by atoms with E-state index in [4.69, 9.17) is 14.6 Å². The van der Waals surface area contributed by atoms with Gasteiger partial charge in [-0.05, 0) is 35.0 Å². The third kappa shape index (κ3) is 3.38. The summed E-state index contributed by atoms with van der Waals surface area (Å²) in [5, 5.41) is 6.58. The molecule has 2 aromatic rings. The molecule has 0 radical (unpaired) electrons. The quantitative estimate of drug-likeness (QED) is 0.837. The molecule has 3 rings (SSSR count). The molecule has 2 aromatic carbocycles. The van der Waals surface area contributed by atoms with Gasteiger partial charge in [0.1, 0.15) is 24.2 Å². The maximum absolute atomic E-state index is 10.9. The molecule has 1 aliphatic rings. The van der Waals surface area contributed by atoms with Gasteiger partial charge in [-0.3, -0.25) is 0 Å². The van der Waals surface area contributed by atoms with Crippen LogP contribution < -0.4 is 14.1 Å². The molecule has 0 saturated carbocycles. The van der Waals surface area contributed by atoms with Crippen molar-refractivity contribution in [2.45, 2.75) is 6.10 Å². The fourth-order valence-electron chi connectivity index (χ4n) is 1.83. The van der Waals surface area contributed by atoms with Crippen LogP contribution in [0.3, 0.4) is 0 Å². The Morgan fingerprint density at radius 2 is 1.75 bits per heavy atom. The van der Waals surface area contributed by atoms with Gasteiger partial charge in [-0.2, -0.15) is 13.6 Å². The van der Waals surface area contributed by atoms with Gasteiger partial charge in [0.15, 0.2) is 0 Å². The summed E-state index contributed by atoms with van der Waals surface area (Å²) in [6.07, 6.45) is 0.205. The van der Waals surface area contributed by atoms with Gasteiger partial charge in [0.25, 0.3) is 0 Å². The minimum atomic E-state index is -4.00. The van der Waals surface area contributed by atoms with Gasteiger partial charge in [0, 0.05) is 0 Å². The number of fused-ring (bicyclic) bond motifs is 1. The van der Waals surface area contributed by atoms with Crippen LogP contribution in [0.15, 0.2) is 36.4 Å². The van der Waals surface area contributed by atoms with E-state index in [2.05, 4.69) is 4.18 Å². The minimum Gasteiger partial charge on any atom is -0.491 e. The summed E-state index contributed by atoms with van der Waals surface area (Å²) in [4.78, 5) is 0. The zero-order valence-corrected chi connectivity index (χ0v) is 11.3. The van der Waals surface area contributed by atoms with E-state index in [0.29, 0.717) is 6.61 Å². The predicted octanol–water partition coefficient (Wildman–Crippen LogP) is 1.20. The molecule has 6 nitrogen and oxygen atoms in total. The fourth-order valence-corrected chi connectivity index (χ4v) is 2.20. The molecule has 0 spiro atoms. The molecule has 20 heavy (non-hydrogen) atoms. The first kappa shape index (κ1) is 13.2. The number of rotatable bonds is 5. The first-order valence-electron chi connectivity index (χ1n) is 6.00. The summed E-state index contributed by atoms with van der Waals surface area (Å²) in [5.74, 6) is 0.924. The summed E-state index contributed by atoms with van der Waals surface area (Å²) in [7, 11) is -4.00. The largest absolute Gasteiger partial charge is 0.491 e. The maximum atomic E-state index is 10.9. The van der Waals surface area contributed by atoms with Crippen molar-refractivity contribution in [3.05, 3.63) is 36.4 Å². The van der Waals surface area contributed by atoms with Crippen molar-refractivity contribution in [1.82, 2.24) is 0 Å². The number of hydrogen-bond acceptors (Lipinski definition) is 5. The zero-order chi connectivity index (χ0) is 14.2. The summed E-state index contributed by atoms with van der Waals surface area (Å²) >= 11 is 0. The van der Waals surface area contributed by atoms with Crippen LogP contribution in [0.5, 0.6) is 11.5 Å². The molecule has 0 aliphatic carbocycles. The standard InChI is InChI=1S/C13H13NO5S/c14-20(15,16)19-12-4-2-9-5-11(3-1-10(9)6-12)17-7-13-8-18-13/h1-6,13H,7-8H2,(H2,14,15,16). The lowest BCUT2D eigenvalue weighted by Crippen LogP contribution is -2.18. The average Bonchev–Trinajstić information content (AvgIpc) is 3.18. The van der Waals surface area contributed by atoms with Crippen molar-refractivity contribution in [3.63, 3.8) is 0 Å². The van der Waals surface area contributed by atoms with Crippen molar-refractivity contribution < 1.29 is 22.1 Å². The van der Waals surface area contributed by atoms with Gasteiger partial charge in [-0.15, -0.1) is 0 Å². The van der Waals surface area contributed by atoms with E-state index in [0.717, 1.165) is 23.1 Å². The summed E-state index contributed by atoms with van der Waals surface area (Å²) in [6.45, 7) is 1.29. The van der Waals surface area contributed by atoms with E-state index in [1.165, 1.54) is 0 Å². The summed E-state index contributed by atoms with van der Waals surface area (Å²) < 4.78 is 37.0. The van der Waals surface area contributed by atoms with Crippen LogP contribution in [0, 0.1) is 0 Å². The summed E-state index contributed by atoms with van der Waals surface area (Å²) in [6, 6.07) is 10.4. The van der Waals surface area contributed by atoms with Gasteiger partial charge < -0.3 is 13.7 Å². The SMILES string of the molecule is NS(=O)(=O)Oc1ccc2cc(OCC3CO3)ccc2c1. The van der Waals surface area contributed by atoms with Crippen LogP contribution in [0.25, 0.3) is 10.8 Å². The lowest BCUT2D eigenvalue weighted by atomic mass is 10.1. The highest BCUT2D eigenvalue weighted by atomic mass is 32.2. The molecule has 2 N–H and O–H groups in total. The number of nitrogens with two attached hydrogens (primary N) is 1. The molecule has 0 aromatic heterocycles. The second-order valence-electron chi connectivity index (χ2n) is 4.51. The van der Waals surface area contributed by atoms with Crippen LogP contribution in [0.2, 0.25) is 0 Å². The van der Waals surface area contributed by atoms with Crippen molar-refractivity contribution >= 4 is 21.1 Å². The third-order valence-electron chi connectivity index (χ3n) is 2.83. The molecule has 0 bridgehead atoms. The Labute approximate surface area is 116 Å². The van der Waals surface area contributed by atoms with Crippen molar-refractivity contribution in [2.24, 2.45) is 5.14 Å². The Bertz CT molecular complexity index is 740. The molecule has 106 valence electrons. The Morgan fingerprint density at radius 1 is 1.15 bits per heavy atom. The van der Waals surface area contributed by atoms with E-state index >= 15 is 0 Å². The Balaban J connectivity index is 1.82. The van der Waals surface area contributed by atoms with Crippen LogP contribution in [0.4, 0.5) is 0 Å². The van der Waals surface area contributed by atoms with Crippen LogP contribution in [0.1, 0.15) is 0 Å². The van der Waals surface area contributed by atoms with E-state index in [9.17, 15) is 8.42 Å². The van der Waals surface area contributed by atoms with Gasteiger partial charge in [0.2, 0.25) is 0 Å². The number of epoxide rings is 1. The highest BCUT2D eigenvalue weighted by molar-refractivity contribution is 7.84. The first-order valence-corrected chi connectivity index (χ1v) is 7.47. The smallest absolute Gasteiger partial charge is 0.380 e. The van der Waals surface area contributed by atoms with Crippen LogP contribution >= 0.6 is 0 Å². The predicted molar refractivity (Wildman–Crippen MR) is 72.9 cm³/mol. The molecular formula is C13H13NO5S. The van der Waals surface area contributed by atoms with E-state index in [1.807, 2.05) is 18.2 Å². The van der Waals surface area contributed by atoms with Gasteiger partial charge in [-0.25, -0.2) is 0 Å². The molecule has 1 aliphatic heterocycles. The molecule has 1 fully saturated rings. The first-order chi connectivity index (χ1) is 9.49. The highest BCUT2D eigenvalue weighted by Crippen LogP contribution is 2.26. The van der Waals surface area contributed by atoms with Gasteiger partial charge in [-0.1, -0.05) is 12.1 Å². The lowest BCUT2D eigenvalue weighted by molar-refractivity contribution is 0.263. The number of ether oxygens (including phenoxy) is 2. The van der Waals surface area contributed by atoms with E-state index in [1.54, 1.807) is 18.2 Å². The summed E-state index contributed by atoms with van der Waals surface area (Å²) in [5.41, 5.74) is 0. The molecular weight excluding hydrogens is 282 g/mol. The van der Waals surface area contributed by atoms with Gasteiger partial charge >= 0.3 is 10.3 Å². The molecule has 1 saturated heterocycles. The highest BCUT2D eigenvalue weighted by Gasteiger charge is 2.23. The molecule has 1 unspecified atom stereocenters. The topological polar surface area (TPSA) is 91.2 Å². The minimum absolute atomic E-state index is 0.181. The second kappa shape index (κ2) is 4.93. The maximum Gasteiger partial charge on any atom is 0.380 e. The van der Waals surface area contributed by atoms with E-state index in [-0.39, 0.29) is 11.9 Å². The van der Waals surface area contributed by atoms with E-state index < -0.39 is 10.3 Å². The number of benzene rings is 2. The molecule has 1 heterocycles. The Hall–Kier alpha value is -1.83. The monoisotopic (exact) mass is 295 g/mol. The fraction of sp³-hybridized carbons (Fsp3) is 0.231. The molecule has 7 heteroatoms. The van der Waals surface area contributed by atoms with Crippen LogP contribution in [-0.2, 0) is 15.0 Å². The van der Waals surface area contributed by atoms with Gasteiger partial charge in [0.05, 0.1) is 6.61 Å². The van der Waals surface area contributed by atoms with Crippen molar-refractivity contribution in [2.75, 3.05) is 13.2 Å². The normalized spacial score (nSPS) is 17.9. The lowest BCUT2D eigenvalue weighted by Gasteiger charge is -2.07.